The highest BCUT2D eigenvalue weighted by molar-refractivity contribution is 5.92. The fourth-order valence-corrected chi connectivity index (χ4v) is 2.32. The maximum atomic E-state index is 12.0. The molecule has 1 atom stereocenters. The molecule has 0 radical (unpaired) electrons. The Balaban J connectivity index is 0.00000192. The largest absolute Gasteiger partial charge is 0.440 e. The number of carbonyl (C=O) groups is 1. The summed E-state index contributed by atoms with van der Waals surface area (Å²) < 4.78 is 5.78. The third kappa shape index (κ3) is 4.33. The van der Waals surface area contributed by atoms with E-state index in [0.29, 0.717) is 12.5 Å². The van der Waals surface area contributed by atoms with E-state index in [2.05, 4.69) is 15.6 Å². The molecule has 3 rings (SSSR count). The van der Waals surface area contributed by atoms with E-state index in [1.807, 2.05) is 38.2 Å². The SMILES string of the molecule is CNCC(C)C(=O)Nc1ccc(-c2cnc(C3CC3)o2)cc1.Cl. The summed E-state index contributed by atoms with van der Waals surface area (Å²) in [5.74, 6) is 2.08. The Hall–Kier alpha value is -1.85. The normalized spacial score (nSPS) is 14.9. The van der Waals surface area contributed by atoms with Crippen molar-refractivity contribution in [1.82, 2.24) is 10.3 Å². The first kappa shape index (κ1) is 17.5. The molecule has 1 aromatic carbocycles. The van der Waals surface area contributed by atoms with E-state index in [1.165, 1.54) is 12.8 Å². The van der Waals surface area contributed by atoms with Gasteiger partial charge in [-0.05, 0) is 44.2 Å². The number of nitrogens with zero attached hydrogens (tertiary/aromatic N) is 1. The van der Waals surface area contributed by atoms with Crippen molar-refractivity contribution in [2.75, 3.05) is 18.9 Å². The molecule has 1 unspecified atom stereocenters. The first-order valence-electron chi connectivity index (χ1n) is 7.69. The second-order valence-corrected chi connectivity index (χ2v) is 5.86. The van der Waals surface area contributed by atoms with E-state index in [1.54, 1.807) is 6.20 Å². The Morgan fingerprint density at radius 2 is 2.04 bits per heavy atom. The van der Waals surface area contributed by atoms with Gasteiger partial charge >= 0.3 is 0 Å². The third-order valence-electron chi connectivity index (χ3n) is 3.85. The van der Waals surface area contributed by atoms with Crippen LogP contribution in [0.3, 0.4) is 0 Å². The van der Waals surface area contributed by atoms with Crippen molar-refractivity contribution in [3.05, 3.63) is 36.4 Å². The number of hydrogen-bond acceptors (Lipinski definition) is 4. The lowest BCUT2D eigenvalue weighted by molar-refractivity contribution is -0.119. The number of benzene rings is 1. The number of halogens is 1. The van der Waals surface area contributed by atoms with Crippen molar-refractivity contribution >= 4 is 24.0 Å². The monoisotopic (exact) mass is 335 g/mol. The average molecular weight is 336 g/mol. The summed E-state index contributed by atoms with van der Waals surface area (Å²) in [4.78, 5) is 16.3. The molecule has 0 spiro atoms. The van der Waals surface area contributed by atoms with Gasteiger partial charge < -0.3 is 15.1 Å². The van der Waals surface area contributed by atoms with Gasteiger partial charge in [0, 0.05) is 29.6 Å². The molecular formula is C17H22ClN3O2. The van der Waals surface area contributed by atoms with Crippen LogP contribution in [0.15, 0.2) is 34.9 Å². The minimum absolute atomic E-state index is 0. The summed E-state index contributed by atoms with van der Waals surface area (Å²) in [7, 11) is 1.84. The number of amides is 1. The highest BCUT2D eigenvalue weighted by Crippen LogP contribution is 2.40. The maximum absolute atomic E-state index is 12.0. The van der Waals surface area contributed by atoms with Crippen LogP contribution in [0.4, 0.5) is 5.69 Å². The molecular weight excluding hydrogens is 314 g/mol. The van der Waals surface area contributed by atoms with Gasteiger partial charge in [-0.25, -0.2) is 4.98 Å². The van der Waals surface area contributed by atoms with Gasteiger partial charge in [0.1, 0.15) is 0 Å². The maximum Gasteiger partial charge on any atom is 0.228 e. The van der Waals surface area contributed by atoms with Crippen molar-refractivity contribution in [2.24, 2.45) is 5.92 Å². The van der Waals surface area contributed by atoms with Gasteiger partial charge in [-0.3, -0.25) is 4.79 Å². The van der Waals surface area contributed by atoms with Crippen molar-refractivity contribution in [3.8, 4) is 11.3 Å². The zero-order valence-corrected chi connectivity index (χ0v) is 14.2. The Kier molecular flexibility index (Phi) is 5.80. The summed E-state index contributed by atoms with van der Waals surface area (Å²) in [6.45, 7) is 2.56. The van der Waals surface area contributed by atoms with Crippen LogP contribution in [0.1, 0.15) is 31.6 Å². The fourth-order valence-electron chi connectivity index (χ4n) is 2.32. The van der Waals surface area contributed by atoms with Gasteiger partial charge in [-0.15, -0.1) is 12.4 Å². The van der Waals surface area contributed by atoms with Crippen molar-refractivity contribution < 1.29 is 9.21 Å². The van der Waals surface area contributed by atoms with Gasteiger partial charge in [-0.2, -0.15) is 0 Å². The summed E-state index contributed by atoms with van der Waals surface area (Å²) in [5, 5.41) is 5.91. The van der Waals surface area contributed by atoms with E-state index in [4.69, 9.17) is 4.42 Å². The second-order valence-electron chi connectivity index (χ2n) is 5.86. The van der Waals surface area contributed by atoms with Crippen molar-refractivity contribution in [2.45, 2.75) is 25.7 Å². The van der Waals surface area contributed by atoms with Crippen LogP contribution >= 0.6 is 12.4 Å². The van der Waals surface area contributed by atoms with Crippen LogP contribution in [0, 0.1) is 5.92 Å². The second kappa shape index (κ2) is 7.62. The zero-order valence-electron chi connectivity index (χ0n) is 13.3. The lowest BCUT2D eigenvalue weighted by atomic mass is 10.1. The molecule has 1 aliphatic rings. The first-order valence-corrected chi connectivity index (χ1v) is 7.69. The van der Waals surface area contributed by atoms with Crippen LogP contribution in [-0.4, -0.2) is 24.5 Å². The molecule has 2 aromatic rings. The standard InChI is InChI=1S/C17H21N3O2.ClH/c1-11(9-18-2)16(21)20-14-7-5-12(6-8-14)15-10-19-17(22-15)13-3-4-13;/h5-8,10-11,13,18H,3-4,9H2,1-2H3,(H,20,21);1H. The fraction of sp³-hybridized carbons (Fsp3) is 0.412. The molecule has 0 aliphatic heterocycles. The Bertz CT molecular complexity index is 650. The molecule has 1 aliphatic carbocycles. The molecule has 23 heavy (non-hydrogen) atoms. The number of anilines is 1. The Labute approximate surface area is 142 Å². The minimum Gasteiger partial charge on any atom is -0.440 e. The molecule has 5 nitrogen and oxygen atoms in total. The van der Waals surface area contributed by atoms with Crippen LogP contribution in [-0.2, 0) is 4.79 Å². The van der Waals surface area contributed by atoms with E-state index in [9.17, 15) is 4.79 Å². The van der Waals surface area contributed by atoms with E-state index >= 15 is 0 Å². The topological polar surface area (TPSA) is 67.2 Å². The molecule has 1 amide bonds. The Morgan fingerprint density at radius 3 is 2.65 bits per heavy atom. The smallest absolute Gasteiger partial charge is 0.228 e. The molecule has 6 heteroatoms. The molecule has 0 saturated heterocycles. The van der Waals surface area contributed by atoms with E-state index in [0.717, 1.165) is 22.9 Å². The van der Waals surface area contributed by atoms with Crippen LogP contribution in [0.25, 0.3) is 11.3 Å². The number of aromatic nitrogens is 1. The number of hydrogen-bond donors (Lipinski definition) is 2. The number of oxazole rings is 1. The van der Waals surface area contributed by atoms with Crippen LogP contribution in [0.2, 0.25) is 0 Å². The average Bonchev–Trinajstić information content (AvgIpc) is 3.26. The zero-order chi connectivity index (χ0) is 15.5. The van der Waals surface area contributed by atoms with Gasteiger partial charge in [-0.1, -0.05) is 6.92 Å². The molecule has 1 fully saturated rings. The minimum atomic E-state index is -0.0694. The van der Waals surface area contributed by atoms with E-state index in [-0.39, 0.29) is 24.2 Å². The quantitative estimate of drug-likeness (QED) is 0.848. The Morgan fingerprint density at radius 1 is 1.35 bits per heavy atom. The predicted octanol–water partition coefficient (Wildman–Crippen LogP) is 3.43. The highest BCUT2D eigenvalue weighted by atomic mass is 35.5. The molecule has 2 N–H and O–H groups in total. The number of rotatable bonds is 6. The summed E-state index contributed by atoms with van der Waals surface area (Å²) in [6, 6.07) is 7.66. The van der Waals surface area contributed by atoms with Crippen molar-refractivity contribution in [3.63, 3.8) is 0 Å². The summed E-state index contributed by atoms with van der Waals surface area (Å²) in [5.41, 5.74) is 1.76. The highest BCUT2D eigenvalue weighted by Gasteiger charge is 2.28. The third-order valence-corrected chi connectivity index (χ3v) is 3.85. The molecule has 0 bridgehead atoms. The van der Waals surface area contributed by atoms with Gasteiger partial charge in [0.15, 0.2) is 11.7 Å². The van der Waals surface area contributed by atoms with Crippen LogP contribution < -0.4 is 10.6 Å². The molecule has 1 aromatic heterocycles. The van der Waals surface area contributed by atoms with Gasteiger partial charge in [0.2, 0.25) is 5.91 Å². The van der Waals surface area contributed by atoms with E-state index < -0.39 is 0 Å². The van der Waals surface area contributed by atoms with Crippen LogP contribution in [0.5, 0.6) is 0 Å². The number of carbonyl (C=O) groups excluding carboxylic acids is 1. The lowest BCUT2D eigenvalue weighted by Crippen LogP contribution is -2.28. The number of nitrogens with one attached hydrogen (secondary N) is 2. The van der Waals surface area contributed by atoms with Crippen molar-refractivity contribution in [1.29, 1.82) is 0 Å². The molecule has 1 saturated carbocycles. The van der Waals surface area contributed by atoms with Gasteiger partial charge in [0.25, 0.3) is 0 Å². The molecule has 1 heterocycles. The summed E-state index contributed by atoms with van der Waals surface area (Å²) in [6.07, 6.45) is 4.13. The predicted molar refractivity (Wildman–Crippen MR) is 92.9 cm³/mol. The first-order chi connectivity index (χ1) is 10.7. The summed E-state index contributed by atoms with van der Waals surface area (Å²) >= 11 is 0. The van der Waals surface area contributed by atoms with Gasteiger partial charge in [0.05, 0.1) is 6.20 Å². The lowest BCUT2D eigenvalue weighted by Gasteiger charge is -2.11. The molecule has 124 valence electrons.